The van der Waals surface area contributed by atoms with Crippen molar-refractivity contribution in [1.82, 2.24) is 0 Å². The molecule has 6 N–H and O–H groups in total. The maximum Gasteiger partial charge on any atom is 0.370 e. The topological polar surface area (TPSA) is 180 Å². The van der Waals surface area contributed by atoms with Crippen molar-refractivity contribution in [2.24, 2.45) is 0 Å². The van der Waals surface area contributed by atoms with Crippen LogP contribution in [-0.4, -0.2) is 63.9 Å². The van der Waals surface area contributed by atoms with Crippen LogP contribution in [0.1, 0.15) is 5.01 Å². The molecule has 41 heavy (non-hydrogen) atoms. The van der Waals surface area contributed by atoms with E-state index in [9.17, 15) is 29.4 Å². The lowest BCUT2D eigenvalue weighted by molar-refractivity contribution is -0.657. The molecule has 3 aromatic rings. The van der Waals surface area contributed by atoms with E-state index in [1.165, 1.54) is 23.1 Å². The number of fused-ring (bicyclic) bond motifs is 2. The number of carbonyl (C=O) groups is 4. The van der Waals surface area contributed by atoms with Crippen LogP contribution in [0.5, 0.6) is 0 Å². The van der Waals surface area contributed by atoms with Gasteiger partial charge in [0, 0.05) is 28.4 Å². The molecule has 14 heteroatoms. The molecule has 0 saturated heterocycles. The predicted octanol–water partition coefficient (Wildman–Crippen LogP) is 3.37. The molecule has 0 fully saturated rings. The molecular formula is C27H25N4O8S2+. The summed E-state index contributed by atoms with van der Waals surface area (Å²) in [4.78, 5) is 47.3. The van der Waals surface area contributed by atoms with Gasteiger partial charge in [0.05, 0.1) is 10.7 Å². The van der Waals surface area contributed by atoms with Crippen molar-refractivity contribution < 1.29 is 44.2 Å². The number of carboxylic acids is 4. The standard InChI is InChI=1S/C27H24N4O8S2/c32-24(33)12-28-16-6-8-20-18(10-16)30(14-26(36)37)22(40-20)4-2-1-3-5-23-31(15-27(38)39)19-11-17(29-13-25(34)35)7-9-21(19)41-23/h1-11,28-29H,12-15H2,(H3-,32,33,34,35,36,37,38,39)/p+1. The van der Waals surface area contributed by atoms with Gasteiger partial charge in [-0.05, 0) is 36.4 Å². The fourth-order valence-corrected chi connectivity index (χ4v) is 6.07. The summed E-state index contributed by atoms with van der Waals surface area (Å²) in [5, 5.41) is 43.6. The van der Waals surface area contributed by atoms with Gasteiger partial charge < -0.3 is 36.0 Å². The summed E-state index contributed by atoms with van der Waals surface area (Å²) in [6.07, 6.45) is 8.75. The minimum absolute atomic E-state index is 0.266. The Balaban J connectivity index is 1.54. The summed E-state index contributed by atoms with van der Waals surface area (Å²) in [7, 11) is 0. The number of carboxylic acid groups (broad SMARTS) is 4. The Morgan fingerprint density at radius 3 is 2.17 bits per heavy atom. The SMILES string of the molecule is O=C(O)CNc1ccc2c(c1)N(CC(=O)O)C(=CC=CC=Cc1sc3ccc(NCC(=O)O)cc3[n+]1CC(=O)O)S2. The van der Waals surface area contributed by atoms with E-state index < -0.39 is 23.9 Å². The fourth-order valence-electron chi connectivity index (χ4n) is 3.96. The number of thiazole rings is 1. The molecule has 212 valence electrons. The van der Waals surface area contributed by atoms with Crippen molar-refractivity contribution in [2.75, 3.05) is 35.2 Å². The van der Waals surface area contributed by atoms with Gasteiger partial charge in [-0.1, -0.05) is 41.3 Å². The lowest BCUT2D eigenvalue weighted by Gasteiger charge is -2.18. The molecule has 1 aliphatic rings. The number of anilines is 3. The van der Waals surface area contributed by atoms with Gasteiger partial charge in [-0.2, -0.15) is 4.57 Å². The third kappa shape index (κ3) is 7.64. The van der Waals surface area contributed by atoms with E-state index in [1.54, 1.807) is 76.2 Å². The van der Waals surface area contributed by atoms with Crippen molar-refractivity contribution >= 4 is 80.3 Å². The first-order valence-electron chi connectivity index (χ1n) is 12.1. The minimum atomic E-state index is -1.02. The van der Waals surface area contributed by atoms with Gasteiger partial charge in [0.25, 0.3) is 5.01 Å². The Bertz CT molecular complexity index is 1610. The molecule has 0 saturated carbocycles. The smallest absolute Gasteiger partial charge is 0.370 e. The Labute approximate surface area is 241 Å². The van der Waals surface area contributed by atoms with E-state index in [-0.39, 0.29) is 26.2 Å². The summed E-state index contributed by atoms with van der Waals surface area (Å²) in [6.45, 7) is -1.09. The molecule has 12 nitrogen and oxygen atoms in total. The van der Waals surface area contributed by atoms with Crippen LogP contribution in [0.25, 0.3) is 16.3 Å². The van der Waals surface area contributed by atoms with E-state index >= 15 is 0 Å². The average molecular weight is 598 g/mol. The van der Waals surface area contributed by atoms with Crippen LogP contribution in [0.15, 0.2) is 70.6 Å². The van der Waals surface area contributed by atoms with Gasteiger partial charge in [0.2, 0.25) is 12.1 Å². The highest BCUT2D eigenvalue weighted by atomic mass is 32.2. The largest absolute Gasteiger partial charge is 0.480 e. The van der Waals surface area contributed by atoms with Crippen LogP contribution >= 0.6 is 23.1 Å². The number of aliphatic carboxylic acids is 4. The van der Waals surface area contributed by atoms with Gasteiger partial charge >= 0.3 is 23.9 Å². The van der Waals surface area contributed by atoms with Gasteiger partial charge in [0.15, 0.2) is 0 Å². The van der Waals surface area contributed by atoms with Gasteiger partial charge in [-0.3, -0.25) is 14.4 Å². The van der Waals surface area contributed by atoms with E-state index in [2.05, 4.69) is 10.6 Å². The van der Waals surface area contributed by atoms with E-state index in [0.717, 1.165) is 9.60 Å². The zero-order valence-electron chi connectivity index (χ0n) is 21.3. The predicted molar refractivity (Wildman–Crippen MR) is 155 cm³/mol. The number of allylic oxidation sites excluding steroid dienone is 4. The molecule has 2 heterocycles. The summed E-state index contributed by atoms with van der Waals surface area (Å²) < 4.78 is 2.46. The zero-order valence-corrected chi connectivity index (χ0v) is 22.9. The molecule has 0 aliphatic carbocycles. The maximum absolute atomic E-state index is 11.5. The molecule has 2 aromatic carbocycles. The molecule has 4 rings (SSSR count). The second-order valence-corrected chi connectivity index (χ2v) is 10.7. The lowest BCUT2D eigenvalue weighted by atomic mass is 10.2. The maximum atomic E-state index is 11.5. The van der Waals surface area contributed by atoms with Crippen molar-refractivity contribution in [3.63, 3.8) is 0 Å². The first-order chi connectivity index (χ1) is 19.6. The van der Waals surface area contributed by atoms with Crippen molar-refractivity contribution in [3.8, 4) is 0 Å². The van der Waals surface area contributed by atoms with Crippen molar-refractivity contribution in [2.45, 2.75) is 11.4 Å². The zero-order chi connectivity index (χ0) is 29.5. The summed E-state index contributed by atoms with van der Waals surface area (Å²) in [6, 6.07) is 10.5. The normalized spacial score (nSPS) is 13.8. The molecule has 0 bridgehead atoms. The van der Waals surface area contributed by atoms with E-state index in [1.807, 2.05) is 0 Å². The molecule has 1 aromatic heterocycles. The van der Waals surface area contributed by atoms with Gasteiger partial charge in [-0.15, -0.1) is 0 Å². The number of nitrogens with one attached hydrogen (secondary N) is 2. The molecular weight excluding hydrogens is 572 g/mol. The second-order valence-electron chi connectivity index (χ2n) is 8.61. The Morgan fingerprint density at radius 1 is 0.829 bits per heavy atom. The monoisotopic (exact) mass is 597 g/mol. The molecule has 0 atom stereocenters. The highest BCUT2D eigenvalue weighted by Crippen LogP contribution is 2.46. The highest BCUT2D eigenvalue weighted by Gasteiger charge is 2.27. The van der Waals surface area contributed by atoms with Gasteiger partial charge in [-0.25, -0.2) is 4.79 Å². The van der Waals surface area contributed by atoms with E-state index in [4.69, 9.17) is 10.2 Å². The minimum Gasteiger partial charge on any atom is -0.480 e. The van der Waals surface area contributed by atoms with Crippen molar-refractivity contribution in [3.05, 3.63) is 70.7 Å². The van der Waals surface area contributed by atoms with Crippen LogP contribution in [0.3, 0.4) is 0 Å². The number of rotatable bonds is 13. The second kappa shape index (κ2) is 13.0. The molecule has 0 radical (unpaired) electrons. The lowest BCUT2D eigenvalue weighted by Crippen LogP contribution is -2.39. The number of thioether (sulfide) groups is 1. The Morgan fingerprint density at radius 2 is 1.51 bits per heavy atom. The molecule has 0 amide bonds. The number of benzene rings is 2. The van der Waals surface area contributed by atoms with Crippen LogP contribution in [-0.2, 0) is 25.7 Å². The fraction of sp³-hybridized carbons (Fsp3) is 0.148. The third-order valence-electron chi connectivity index (χ3n) is 5.63. The average Bonchev–Trinajstić information content (AvgIpc) is 3.42. The first-order valence-corrected chi connectivity index (χ1v) is 13.7. The summed E-state index contributed by atoms with van der Waals surface area (Å²) in [5.74, 6) is -4.07. The number of hydrogen-bond donors (Lipinski definition) is 6. The first kappa shape index (κ1) is 29.2. The number of nitrogens with zero attached hydrogens (tertiary/aromatic N) is 2. The van der Waals surface area contributed by atoms with Crippen LogP contribution < -0.4 is 20.1 Å². The van der Waals surface area contributed by atoms with E-state index in [0.29, 0.717) is 32.6 Å². The highest BCUT2D eigenvalue weighted by molar-refractivity contribution is 8.03. The number of hydrogen-bond acceptors (Lipinski definition) is 9. The van der Waals surface area contributed by atoms with Crippen LogP contribution in [0.4, 0.5) is 17.1 Å². The Kier molecular flexibility index (Phi) is 9.26. The third-order valence-corrected chi connectivity index (χ3v) is 7.90. The van der Waals surface area contributed by atoms with Crippen molar-refractivity contribution in [1.29, 1.82) is 0 Å². The summed E-state index contributed by atoms with van der Waals surface area (Å²) >= 11 is 2.77. The van der Waals surface area contributed by atoms with Crippen LogP contribution in [0.2, 0.25) is 0 Å². The number of aromatic nitrogens is 1. The Hall–Kier alpha value is -4.82. The molecule has 0 unspecified atom stereocenters. The molecule has 1 aliphatic heterocycles. The van der Waals surface area contributed by atoms with Gasteiger partial charge in [0.1, 0.15) is 24.3 Å². The summed E-state index contributed by atoms with van der Waals surface area (Å²) in [5.41, 5.74) is 2.43. The van der Waals surface area contributed by atoms with Crippen LogP contribution in [0, 0.1) is 0 Å². The quantitative estimate of drug-likeness (QED) is 0.125. The molecule has 0 spiro atoms.